The number of nitrogens with zero attached hydrogens (tertiary/aromatic N) is 3. The van der Waals surface area contributed by atoms with Crippen LogP contribution in [0.25, 0.3) is 10.2 Å². The van der Waals surface area contributed by atoms with E-state index in [1.165, 1.54) is 23.1 Å². The smallest absolute Gasteiger partial charge is 0.263 e. The van der Waals surface area contributed by atoms with Crippen LogP contribution in [0.15, 0.2) is 34.2 Å². The molecule has 0 bridgehead atoms. The molecule has 0 unspecified atom stereocenters. The minimum absolute atomic E-state index is 0.0357. The van der Waals surface area contributed by atoms with Crippen molar-refractivity contribution in [3.05, 3.63) is 56.2 Å². The van der Waals surface area contributed by atoms with Gasteiger partial charge in [-0.15, -0.1) is 11.3 Å². The van der Waals surface area contributed by atoms with Crippen molar-refractivity contribution in [1.29, 1.82) is 5.26 Å². The number of fused-ring (bicyclic) bond motifs is 1. The summed E-state index contributed by atoms with van der Waals surface area (Å²) in [6, 6.07) is 9.91. The quantitative estimate of drug-likeness (QED) is 0.355. The van der Waals surface area contributed by atoms with Gasteiger partial charge < -0.3 is 5.32 Å². The number of benzene rings is 1. The zero-order chi connectivity index (χ0) is 21.0. The first-order valence-corrected chi connectivity index (χ1v) is 11.1. The molecule has 3 rings (SSSR count). The Bertz CT molecular complexity index is 1140. The normalized spacial score (nSPS) is 10.8. The van der Waals surface area contributed by atoms with Gasteiger partial charge >= 0.3 is 0 Å². The van der Waals surface area contributed by atoms with Crippen molar-refractivity contribution in [1.82, 2.24) is 14.9 Å². The van der Waals surface area contributed by atoms with Gasteiger partial charge in [0.15, 0.2) is 5.16 Å². The van der Waals surface area contributed by atoms with Crippen molar-refractivity contribution in [2.75, 3.05) is 12.3 Å². The van der Waals surface area contributed by atoms with E-state index in [1.54, 1.807) is 4.57 Å². The molecule has 0 fully saturated rings. The standard InChI is InChI=1S/C21H22N4O2S2/c1-4-16-14(3)18-19(29-16)24-21(28-12-17(26)23-10-9-22)25(20(18)27)11-15-7-5-13(2)6-8-15/h5-8H,4,10-12H2,1-3H3,(H,23,26). The molecule has 0 spiro atoms. The third-order valence-corrected chi connectivity index (χ3v) is 6.90. The number of nitriles is 1. The second-order valence-electron chi connectivity index (χ2n) is 6.68. The molecule has 8 heteroatoms. The molecular weight excluding hydrogens is 404 g/mol. The summed E-state index contributed by atoms with van der Waals surface area (Å²) in [6.07, 6.45) is 0.851. The molecule has 0 saturated carbocycles. The molecule has 0 aliphatic heterocycles. The summed E-state index contributed by atoms with van der Waals surface area (Å²) in [5.41, 5.74) is 3.06. The second kappa shape index (κ2) is 9.25. The van der Waals surface area contributed by atoms with Crippen molar-refractivity contribution >= 4 is 39.2 Å². The third kappa shape index (κ3) is 4.69. The fourth-order valence-corrected chi connectivity index (χ4v) is 5.01. The summed E-state index contributed by atoms with van der Waals surface area (Å²) >= 11 is 2.75. The van der Waals surface area contributed by atoms with E-state index in [-0.39, 0.29) is 23.8 Å². The Hall–Kier alpha value is -2.63. The van der Waals surface area contributed by atoms with Gasteiger partial charge in [-0.2, -0.15) is 5.26 Å². The molecular formula is C21H22N4O2S2. The van der Waals surface area contributed by atoms with Crippen LogP contribution in [0.3, 0.4) is 0 Å². The molecule has 3 aromatic rings. The second-order valence-corrected chi connectivity index (χ2v) is 8.70. The molecule has 2 aromatic heterocycles. The molecule has 1 amide bonds. The molecule has 29 heavy (non-hydrogen) atoms. The van der Waals surface area contributed by atoms with Gasteiger partial charge in [0.25, 0.3) is 5.56 Å². The summed E-state index contributed by atoms with van der Waals surface area (Å²) in [5, 5.41) is 12.3. The zero-order valence-corrected chi connectivity index (χ0v) is 18.2. The molecule has 2 heterocycles. The number of hydrogen-bond donors (Lipinski definition) is 1. The van der Waals surface area contributed by atoms with Crippen molar-refractivity contribution in [3.8, 4) is 6.07 Å². The lowest BCUT2D eigenvalue weighted by Gasteiger charge is -2.12. The fraction of sp³-hybridized carbons (Fsp3) is 0.333. The number of thioether (sulfide) groups is 1. The predicted octanol–water partition coefficient (Wildman–Crippen LogP) is 3.42. The Labute approximate surface area is 177 Å². The van der Waals surface area contributed by atoms with E-state index >= 15 is 0 Å². The Balaban J connectivity index is 2.04. The molecule has 1 N–H and O–H groups in total. The average molecular weight is 427 g/mol. The summed E-state index contributed by atoms with van der Waals surface area (Å²) in [7, 11) is 0. The molecule has 0 saturated heterocycles. The van der Waals surface area contributed by atoms with Crippen LogP contribution in [0.4, 0.5) is 0 Å². The number of rotatable bonds is 7. The van der Waals surface area contributed by atoms with Crippen molar-refractivity contribution in [2.24, 2.45) is 0 Å². The highest BCUT2D eigenvalue weighted by atomic mass is 32.2. The van der Waals surface area contributed by atoms with Crippen LogP contribution in [-0.2, 0) is 17.8 Å². The number of carbonyl (C=O) groups is 1. The SMILES string of the molecule is CCc1sc2nc(SCC(=O)NCC#N)n(Cc3ccc(C)cc3)c(=O)c2c1C. The maximum atomic E-state index is 13.4. The molecule has 0 radical (unpaired) electrons. The van der Waals surface area contributed by atoms with Crippen LogP contribution in [-0.4, -0.2) is 27.8 Å². The van der Waals surface area contributed by atoms with Crippen LogP contribution in [0.1, 0.15) is 28.5 Å². The van der Waals surface area contributed by atoms with Gasteiger partial charge in [-0.25, -0.2) is 4.98 Å². The van der Waals surface area contributed by atoms with E-state index in [1.807, 2.05) is 44.2 Å². The molecule has 0 atom stereocenters. The van der Waals surface area contributed by atoms with Crippen molar-refractivity contribution in [3.63, 3.8) is 0 Å². The van der Waals surface area contributed by atoms with Crippen molar-refractivity contribution < 1.29 is 4.79 Å². The number of amides is 1. The van der Waals surface area contributed by atoms with Crippen LogP contribution in [0.2, 0.25) is 0 Å². The lowest BCUT2D eigenvalue weighted by Crippen LogP contribution is -2.27. The topological polar surface area (TPSA) is 87.8 Å². The Kier molecular flexibility index (Phi) is 6.72. The van der Waals surface area contributed by atoms with E-state index in [9.17, 15) is 9.59 Å². The largest absolute Gasteiger partial charge is 0.342 e. The first-order chi connectivity index (χ1) is 13.9. The maximum Gasteiger partial charge on any atom is 0.263 e. The molecule has 6 nitrogen and oxygen atoms in total. The number of aromatic nitrogens is 2. The number of thiophene rings is 1. The van der Waals surface area contributed by atoms with E-state index in [2.05, 4.69) is 12.2 Å². The molecule has 1 aromatic carbocycles. The van der Waals surface area contributed by atoms with Gasteiger partial charge in [0.05, 0.1) is 23.8 Å². The third-order valence-electron chi connectivity index (χ3n) is 4.59. The molecule has 150 valence electrons. The molecule has 0 aliphatic carbocycles. The van der Waals surface area contributed by atoms with Gasteiger partial charge in [0.2, 0.25) is 5.91 Å². The lowest BCUT2D eigenvalue weighted by molar-refractivity contribution is -0.118. The van der Waals surface area contributed by atoms with Gasteiger partial charge in [0, 0.05) is 4.88 Å². The first-order valence-electron chi connectivity index (χ1n) is 9.29. The Morgan fingerprint density at radius 3 is 2.69 bits per heavy atom. The fourth-order valence-electron chi connectivity index (χ4n) is 3.03. The minimum Gasteiger partial charge on any atom is -0.342 e. The lowest BCUT2D eigenvalue weighted by atomic mass is 10.1. The van der Waals surface area contributed by atoms with Crippen molar-refractivity contribution in [2.45, 2.75) is 38.9 Å². The van der Waals surface area contributed by atoms with Gasteiger partial charge in [0.1, 0.15) is 11.4 Å². The van der Waals surface area contributed by atoms with Crippen LogP contribution in [0.5, 0.6) is 0 Å². The Morgan fingerprint density at radius 1 is 1.31 bits per heavy atom. The Morgan fingerprint density at radius 2 is 2.03 bits per heavy atom. The van der Waals surface area contributed by atoms with Gasteiger partial charge in [-0.3, -0.25) is 14.2 Å². The zero-order valence-electron chi connectivity index (χ0n) is 16.6. The number of carbonyl (C=O) groups excluding carboxylic acids is 1. The highest BCUT2D eigenvalue weighted by Crippen LogP contribution is 2.29. The summed E-state index contributed by atoms with van der Waals surface area (Å²) in [4.78, 5) is 31.9. The number of aryl methyl sites for hydroxylation is 3. The number of nitrogens with one attached hydrogen (secondary N) is 1. The summed E-state index contributed by atoms with van der Waals surface area (Å²) in [6.45, 7) is 6.41. The monoisotopic (exact) mass is 426 g/mol. The van der Waals surface area contributed by atoms with E-state index in [0.717, 1.165) is 28.0 Å². The summed E-state index contributed by atoms with van der Waals surface area (Å²) < 4.78 is 1.65. The highest BCUT2D eigenvalue weighted by molar-refractivity contribution is 7.99. The molecule has 0 aliphatic rings. The number of hydrogen-bond acceptors (Lipinski definition) is 6. The van der Waals surface area contributed by atoms with Gasteiger partial charge in [-0.1, -0.05) is 48.5 Å². The maximum absolute atomic E-state index is 13.4. The van der Waals surface area contributed by atoms with Crippen LogP contribution >= 0.6 is 23.1 Å². The van der Waals surface area contributed by atoms with E-state index < -0.39 is 0 Å². The summed E-state index contributed by atoms with van der Waals surface area (Å²) in [5.74, 6) is -0.164. The predicted molar refractivity (Wildman–Crippen MR) is 118 cm³/mol. The first kappa shape index (κ1) is 21.1. The van der Waals surface area contributed by atoms with E-state index in [0.29, 0.717) is 21.9 Å². The van der Waals surface area contributed by atoms with E-state index in [4.69, 9.17) is 10.2 Å². The average Bonchev–Trinajstić information content (AvgIpc) is 3.04. The van der Waals surface area contributed by atoms with Crippen LogP contribution < -0.4 is 10.9 Å². The minimum atomic E-state index is -0.260. The highest BCUT2D eigenvalue weighted by Gasteiger charge is 2.18. The van der Waals surface area contributed by atoms with Gasteiger partial charge in [-0.05, 0) is 31.4 Å². The van der Waals surface area contributed by atoms with Crippen LogP contribution in [0, 0.1) is 25.2 Å².